The summed E-state index contributed by atoms with van der Waals surface area (Å²) in [5.74, 6) is -3.97. The first kappa shape index (κ1) is 24.8. The summed E-state index contributed by atoms with van der Waals surface area (Å²) in [5, 5.41) is 16.3. The minimum absolute atomic E-state index is 0.0330. The van der Waals surface area contributed by atoms with Gasteiger partial charge in [-0.1, -0.05) is 42.5 Å². The quantitative estimate of drug-likeness (QED) is 0.335. The molecule has 4 aromatic rings. The van der Waals surface area contributed by atoms with Crippen molar-refractivity contribution in [3.63, 3.8) is 0 Å². The molecule has 0 aliphatic carbocycles. The van der Waals surface area contributed by atoms with Crippen LogP contribution in [0.4, 0.5) is 8.78 Å². The van der Waals surface area contributed by atoms with Gasteiger partial charge in [-0.3, -0.25) is 14.6 Å². The van der Waals surface area contributed by atoms with E-state index >= 15 is 0 Å². The molecule has 0 bridgehead atoms. The highest BCUT2D eigenvalue weighted by Gasteiger charge is 2.27. The molecule has 0 fully saturated rings. The van der Waals surface area contributed by atoms with Crippen LogP contribution in [0.2, 0.25) is 0 Å². The lowest BCUT2D eigenvalue weighted by Crippen LogP contribution is -2.44. The van der Waals surface area contributed by atoms with Crippen LogP contribution < -0.4 is 10.6 Å². The third-order valence-electron chi connectivity index (χ3n) is 5.83. The number of rotatable bonds is 7. The normalized spacial score (nSPS) is 12.2. The Morgan fingerprint density at radius 3 is 2.56 bits per heavy atom. The van der Waals surface area contributed by atoms with Crippen LogP contribution in [0.3, 0.4) is 0 Å². The Morgan fingerprint density at radius 2 is 1.78 bits per heavy atom. The van der Waals surface area contributed by atoms with Crippen LogP contribution in [-0.2, 0) is 17.3 Å². The molecule has 3 N–H and O–H groups in total. The molecule has 36 heavy (non-hydrogen) atoms. The summed E-state index contributed by atoms with van der Waals surface area (Å²) in [5.41, 5.74) is 2.37. The van der Waals surface area contributed by atoms with Crippen LogP contribution in [0.25, 0.3) is 22.0 Å². The molecule has 1 atom stereocenters. The number of fused-ring (bicyclic) bond motifs is 1. The van der Waals surface area contributed by atoms with E-state index < -0.39 is 23.8 Å². The van der Waals surface area contributed by atoms with Gasteiger partial charge in [-0.05, 0) is 53.9 Å². The molecule has 184 valence electrons. The zero-order chi connectivity index (χ0) is 25.9. The number of alkyl halides is 2. The van der Waals surface area contributed by atoms with Crippen molar-refractivity contribution in [3.8, 4) is 16.9 Å². The molecule has 0 spiro atoms. The third-order valence-corrected chi connectivity index (χ3v) is 5.83. The average Bonchev–Trinajstić information content (AvgIpc) is 2.87. The zero-order valence-electron chi connectivity index (χ0n) is 19.8. The van der Waals surface area contributed by atoms with Crippen molar-refractivity contribution in [2.75, 3.05) is 0 Å². The largest absolute Gasteiger partial charge is 0.506 e. The standard InChI is InChI=1S/C28H25F2N3O3/c1-17(26(35)32-16-21-7-3-4-11-23(21)28(2,29)30)33-27(36)20-9-5-8-18(13-20)22-14-19-10-6-12-31-25(19)24(34)15-22/h3-15,17,34H,16H2,1-2H3,(H,32,35)(H,33,36). The number of nitrogens with zero attached hydrogens (tertiary/aromatic N) is 1. The van der Waals surface area contributed by atoms with Crippen LogP contribution in [-0.4, -0.2) is 27.9 Å². The van der Waals surface area contributed by atoms with Crippen LogP contribution in [0.15, 0.2) is 79.0 Å². The van der Waals surface area contributed by atoms with E-state index in [0.717, 1.165) is 12.3 Å². The Bertz CT molecular complexity index is 1430. The molecule has 8 heteroatoms. The van der Waals surface area contributed by atoms with Gasteiger partial charge >= 0.3 is 0 Å². The molecular weight excluding hydrogens is 464 g/mol. The van der Waals surface area contributed by atoms with Gasteiger partial charge in [-0.25, -0.2) is 8.78 Å². The first-order chi connectivity index (χ1) is 17.1. The SMILES string of the molecule is CC(NC(=O)c1cccc(-c2cc(O)c3ncccc3c2)c1)C(=O)NCc1ccccc1C(C)(F)F. The van der Waals surface area contributed by atoms with E-state index in [-0.39, 0.29) is 17.9 Å². The first-order valence-corrected chi connectivity index (χ1v) is 11.4. The maximum absolute atomic E-state index is 13.8. The molecule has 0 saturated heterocycles. The van der Waals surface area contributed by atoms with Gasteiger partial charge in [0.2, 0.25) is 5.91 Å². The van der Waals surface area contributed by atoms with E-state index in [1.807, 2.05) is 18.2 Å². The summed E-state index contributed by atoms with van der Waals surface area (Å²) in [4.78, 5) is 29.6. The second-order valence-corrected chi connectivity index (χ2v) is 8.61. The minimum Gasteiger partial charge on any atom is -0.506 e. The van der Waals surface area contributed by atoms with Crippen LogP contribution in [0.1, 0.15) is 35.3 Å². The molecule has 6 nitrogen and oxygen atoms in total. The lowest BCUT2D eigenvalue weighted by atomic mass is 10.0. The third kappa shape index (κ3) is 5.49. The van der Waals surface area contributed by atoms with Crippen molar-refractivity contribution in [1.82, 2.24) is 15.6 Å². The number of benzene rings is 3. The van der Waals surface area contributed by atoms with E-state index in [0.29, 0.717) is 27.8 Å². The van der Waals surface area contributed by atoms with E-state index in [4.69, 9.17) is 0 Å². The number of phenolic OH excluding ortho intramolecular Hbond substituents is 1. The van der Waals surface area contributed by atoms with Crippen molar-refractivity contribution in [2.45, 2.75) is 32.4 Å². The second-order valence-electron chi connectivity index (χ2n) is 8.61. The molecule has 1 unspecified atom stereocenters. The van der Waals surface area contributed by atoms with Crippen molar-refractivity contribution in [2.24, 2.45) is 0 Å². The molecule has 0 aliphatic heterocycles. The molecule has 0 radical (unpaired) electrons. The van der Waals surface area contributed by atoms with Gasteiger partial charge in [0.05, 0.1) is 0 Å². The van der Waals surface area contributed by atoms with Crippen LogP contribution in [0.5, 0.6) is 5.75 Å². The summed E-state index contributed by atoms with van der Waals surface area (Å²) < 4.78 is 27.7. The molecule has 4 rings (SSSR count). The van der Waals surface area contributed by atoms with Gasteiger partial charge in [0.25, 0.3) is 11.8 Å². The van der Waals surface area contributed by atoms with Gasteiger partial charge in [0.15, 0.2) is 0 Å². The monoisotopic (exact) mass is 489 g/mol. The Morgan fingerprint density at radius 1 is 1.00 bits per heavy atom. The number of aromatic hydroxyl groups is 1. The Kier molecular flexibility index (Phi) is 6.96. The highest BCUT2D eigenvalue weighted by molar-refractivity contribution is 5.99. The minimum atomic E-state index is -3.04. The fraction of sp³-hybridized carbons (Fsp3) is 0.179. The van der Waals surface area contributed by atoms with E-state index in [2.05, 4.69) is 15.6 Å². The molecular formula is C28H25F2N3O3. The van der Waals surface area contributed by atoms with E-state index in [1.165, 1.54) is 25.1 Å². The number of nitrogens with one attached hydrogen (secondary N) is 2. The number of aromatic nitrogens is 1. The number of pyridine rings is 1. The number of amides is 2. The predicted octanol–water partition coefficient (Wildman–Crippen LogP) is 5.15. The van der Waals surface area contributed by atoms with Gasteiger partial charge in [-0.15, -0.1) is 0 Å². The fourth-order valence-electron chi connectivity index (χ4n) is 3.96. The summed E-state index contributed by atoms with van der Waals surface area (Å²) in [7, 11) is 0. The van der Waals surface area contributed by atoms with Crippen molar-refractivity contribution < 1.29 is 23.5 Å². The number of halogens is 2. The topological polar surface area (TPSA) is 91.3 Å². The lowest BCUT2D eigenvalue weighted by Gasteiger charge is -2.18. The van der Waals surface area contributed by atoms with Crippen LogP contribution >= 0.6 is 0 Å². The average molecular weight is 490 g/mol. The Labute approximate surface area is 207 Å². The number of phenols is 1. The Hall–Kier alpha value is -4.33. The number of carbonyl (C=O) groups excluding carboxylic acids is 2. The maximum atomic E-state index is 13.8. The number of carbonyl (C=O) groups is 2. The molecule has 3 aromatic carbocycles. The first-order valence-electron chi connectivity index (χ1n) is 11.4. The summed E-state index contributed by atoms with van der Waals surface area (Å²) in [6.45, 7) is 2.24. The molecule has 2 amide bonds. The number of hydrogen-bond acceptors (Lipinski definition) is 4. The highest BCUT2D eigenvalue weighted by Crippen LogP contribution is 2.31. The number of hydrogen-bond donors (Lipinski definition) is 3. The summed E-state index contributed by atoms with van der Waals surface area (Å²) in [6.07, 6.45) is 1.60. The molecule has 0 aliphatic rings. The fourth-order valence-corrected chi connectivity index (χ4v) is 3.96. The van der Waals surface area contributed by atoms with Crippen molar-refractivity contribution in [1.29, 1.82) is 0 Å². The van der Waals surface area contributed by atoms with E-state index in [1.54, 1.807) is 42.6 Å². The molecule has 1 heterocycles. The van der Waals surface area contributed by atoms with Gasteiger partial charge in [-0.2, -0.15) is 0 Å². The Balaban J connectivity index is 1.44. The second kappa shape index (κ2) is 10.1. The van der Waals surface area contributed by atoms with Crippen LogP contribution in [0, 0.1) is 0 Å². The molecule has 1 aromatic heterocycles. The van der Waals surface area contributed by atoms with E-state index in [9.17, 15) is 23.5 Å². The smallest absolute Gasteiger partial charge is 0.270 e. The van der Waals surface area contributed by atoms with Crippen molar-refractivity contribution in [3.05, 3.63) is 95.7 Å². The maximum Gasteiger partial charge on any atom is 0.270 e. The van der Waals surface area contributed by atoms with Gasteiger partial charge in [0.1, 0.15) is 17.3 Å². The summed E-state index contributed by atoms with van der Waals surface area (Å²) in [6, 6.07) is 19.0. The zero-order valence-corrected chi connectivity index (χ0v) is 19.8. The van der Waals surface area contributed by atoms with Gasteiger partial charge in [0, 0.05) is 36.2 Å². The lowest BCUT2D eigenvalue weighted by molar-refractivity contribution is -0.122. The summed E-state index contributed by atoms with van der Waals surface area (Å²) >= 11 is 0. The predicted molar refractivity (Wildman–Crippen MR) is 134 cm³/mol. The van der Waals surface area contributed by atoms with Gasteiger partial charge < -0.3 is 15.7 Å². The highest BCUT2D eigenvalue weighted by atomic mass is 19.3. The molecule has 0 saturated carbocycles. The van der Waals surface area contributed by atoms with Crippen molar-refractivity contribution >= 4 is 22.7 Å².